The Morgan fingerprint density at radius 2 is 2.24 bits per heavy atom. The summed E-state index contributed by atoms with van der Waals surface area (Å²) < 4.78 is 25.8. The van der Waals surface area contributed by atoms with Crippen LogP contribution in [-0.2, 0) is 10.0 Å². The molecule has 1 aliphatic heterocycles. The van der Waals surface area contributed by atoms with E-state index in [4.69, 9.17) is 11.0 Å². The number of nitrogens with zero attached hydrogens (tertiary/aromatic N) is 2. The van der Waals surface area contributed by atoms with Crippen LogP contribution < -0.4 is 5.73 Å². The van der Waals surface area contributed by atoms with E-state index in [2.05, 4.69) is 6.92 Å². The van der Waals surface area contributed by atoms with Gasteiger partial charge in [-0.2, -0.15) is 5.26 Å². The summed E-state index contributed by atoms with van der Waals surface area (Å²) in [5.41, 5.74) is 5.65. The summed E-state index contributed by atoms with van der Waals surface area (Å²) in [6.07, 6.45) is 1.15. The largest absolute Gasteiger partial charge is 0.330 e. The Bertz CT molecular complexity index is 388. The first-order valence-corrected chi connectivity index (χ1v) is 7.56. The van der Waals surface area contributed by atoms with Gasteiger partial charge in [0.25, 0.3) is 0 Å². The highest BCUT2D eigenvalue weighted by atomic mass is 32.2. The number of nitrogens with two attached hydrogens (primary N) is 1. The van der Waals surface area contributed by atoms with Crippen molar-refractivity contribution in [3.63, 3.8) is 0 Å². The molecule has 2 N–H and O–H groups in total. The Balaban J connectivity index is 2.84. The first kappa shape index (κ1) is 14.4. The molecule has 98 valence electrons. The summed E-state index contributed by atoms with van der Waals surface area (Å²) in [6.45, 7) is 5.29. The molecule has 0 aromatic heterocycles. The van der Waals surface area contributed by atoms with Gasteiger partial charge in [-0.15, -0.1) is 0 Å². The normalized spacial score (nSPS) is 28.6. The van der Waals surface area contributed by atoms with E-state index in [0.717, 1.165) is 6.42 Å². The first-order chi connectivity index (χ1) is 7.97. The molecule has 0 radical (unpaired) electrons. The molecule has 1 heterocycles. The molecular formula is C11H21N3O2S. The lowest BCUT2D eigenvalue weighted by atomic mass is 9.88. The molecule has 17 heavy (non-hydrogen) atoms. The summed E-state index contributed by atoms with van der Waals surface area (Å²) in [7, 11) is -3.47. The topological polar surface area (TPSA) is 87.2 Å². The molecule has 0 aromatic rings. The highest BCUT2D eigenvalue weighted by Gasteiger charge is 2.36. The third kappa shape index (κ3) is 2.97. The van der Waals surface area contributed by atoms with Crippen molar-refractivity contribution >= 4 is 10.0 Å². The summed E-state index contributed by atoms with van der Waals surface area (Å²) in [5.74, 6) is 0.656. The quantitative estimate of drug-likeness (QED) is 0.798. The molecule has 0 aliphatic carbocycles. The van der Waals surface area contributed by atoms with Crippen LogP contribution in [0.3, 0.4) is 0 Å². The molecule has 1 aliphatic rings. The zero-order chi connectivity index (χ0) is 13.1. The van der Waals surface area contributed by atoms with Crippen molar-refractivity contribution in [3.05, 3.63) is 0 Å². The Morgan fingerprint density at radius 1 is 1.59 bits per heavy atom. The highest BCUT2D eigenvalue weighted by Crippen LogP contribution is 2.26. The third-order valence-electron chi connectivity index (χ3n) is 3.61. The minimum atomic E-state index is -3.47. The molecular weight excluding hydrogens is 238 g/mol. The van der Waals surface area contributed by atoms with Gasteiger partial charge in [-0.05, 0) is 31.2 Å². The van der Waals surface area contributed by atoms with Crippen molar-refractivity contribution in [2.45, 2.75) is 31.9 Å². The average molecular weight is 259 g/mol. The predicted octanol–water partition coefficient (Wildman–Crippen LogP) is 0.535. The van der Waals surface area contributed by atoms with Crippen LogP contribution >= 0.6 is 0 Å². The number of hydrogen-bond acceptors (Lipinski definition) is 4. The summed E-state index contributed by atoms with van der Waals surface area (Å²) in [5, 5.41) is 7.96. The summed E-state index contributed by atoms with van der Waals surface area (Å²) in [4.78, 5) is 0. The molecule has 0 bridgehead atoms. The zero-order valence-corrected chi connectivity index (χ0v) is 11.3. The van der Waals surface area contributed by atoms with Crippen molar-refractivity contribution in [2.75, 3.05) is 19.6 Å². The molecule has 1 saturated heterocycles. The van der Waals surface area contributed by atoms with Crippen molar-refractivity contribution in [1.29, 1.82) is 5.26 Å². The van der Waals surface area contributed by atoms with Crippen LogP contribution in [-0.4, -0.2) is 37.6 Å². The predicted molar refractivity (Wildman–Crippen MR) is 66.5 cm³/mol. The summed E-state index contributed by atoms with van der Waals surface area (Å²) in [6, 6.07) is 1.87. The Labute approximate surface area is 104 Å². The number of hydrogen-bond donors (Lipinski definition) is 1. The second-order valence-corrected chi connectivity index (χ2v) is 6.81. The van der Waals surface area contributed by atoms with Crippen LogP contribution in [0.5, 0.6) is 0 Å². The van der Waals surface area contributed by atoms with Crippen LogP contribution in [0.1, 0.15) is 26.7 Å². The van der Waals surface area contributed by atoms with E-state index >= 15 is 0 Å². The Kier molecular flexibility index (Phi) is 4.92. The van der Waals surface area contributed by atoms with E-state index in [1.54, 1.807) is 6.92 Å². The van der Waals surface area contributed by atoms with Crippen molar-refractivity contribution < 1.29 is 8.42 Å². The van der Waals surface area contributed by atoms with E-state index in [-0.39, 0.29) is 5.92 Å². The van der Waals surface area contributed by atoms with Crippen LogP contribution in [0.25, 0.3) is 0 Å². The highest BCUT2D eigenvalue weighted by molar-refractivity contribution is 7.90. The standard InChI is InChI=1S/C11H21N3O2S/c1-3-11(7-13)17(15,16)14-5-4-9(2)10(6-12)8-14/h9-11H,3-6,8,12H2,1-2H3. The van der Waals surface area contributed by atoms with Crippen molar-refractivity contribution in [2.24, 2.45) is 17.6 Å². The molecule has 0 amide bonds. The maximum atomic E-state index is 12.2. The minimum absolute atomic E-state index is 0.203. The Hall–Kier alpha value is -0.640. The molecule has 0 aromatic carbocycles. The monoisotopic (exact) mass is 259 g/mol. The molecule has 3 atom stereocenters. The van der Waals surface area contributed by atoms with Crippen LogP contribution in [0.2, 0.25) is 0 Å². The van der Waals surface area contributed by atoms with E-state index in [1.165, 1.54) is 4.31 Å². The van der Waals surface area contributed by atoms with Gasteiger partial charge < -0.3 is 5.73 Å². The number of nitriles is 1. The molecule has 3 unspecified atom stereocenters. The van der Waals surface area contributed by atoms with Gasteiger partial charge in [-0.1, -0.05) is 13.8 Å². The maximum absolute atomic E-state index is 12.2. The summed E-state index contributed by atoms with van der Waals surface area (Å²) >= 11 is 0. The van der Waals surface area contributed by atoms with Crippen LogP contribution in [0.15, 0.2) is 0 Å². The second-order valence-electron chi connectivity index (χ2n) is 4.69. The van der Waals surface area contributed by atoms with E-state index in [9.17, 15) is 8.42 Å². The third-order valence-corrected chi connectivity index (χ3v) is 5.82. The fourth-order valence-corrected chi connectivity index (χ4v) is 3.88. The molecule has 1 fully saturated rings. The van der Waals surface area contributed by atoms with Crippen LogP contribution in [0.4, 0.5) is 0 Å². The van der Waals surface area contributed by atoms with Gasteiger partial charge in [0.05, 0.1) is 6.07 Å². The lowest BCUT2D eigenvalue weighted by Crippen LogP contribution is -2.48. The molecule has 5 nitrogen and oxygen atoms in total. The molecule has 1 rings (SSSR count). The minimum Gasteiger partial charge on any atom is -0.330 e. The smallest absolute Gasteiger partial charge is 0.230 e. The van der Waals surface area contributed by atoms with Crippen molar-refractivity contribution in [3.8, 4) is 6.07 Å². The second kappa shape index (κ2) is 5.80. The van der Waals surface area contributed by atoms with Gasteiger partial charge in [-0.3, -0.25) is 0 Å². The Morgan fingerprint density at radius 3 is 2.71 bits per heavy atom. The molecule has 6 heteroatoms. The van der Waals surface area contributed by atoms with Crippen molar-refractivity contribution in [1.82, 2.24) is 4.31 Å². The molecule has 0 saturated carbocycles. The van der Waals surface area contributed by atoms with Gasteiger partial charge >= 0.3 is 0 Å². The molecule has 0 spiro atoms. The first-order valence-electron chi connectivity index (χ1n) is 6.06. The number of sulfonamides is 1. The lowest BCUT2D eigenvalue weighted by molar-refractivity contribution is 0.202. The van der Waals surface area contributed by atoms with Gasteiger partial charge in [0.15, 0.2) is 5.25 Å². The average Bonchev–Trinajstić information content (AvgIpc) is 2.30. The van der Waals surface area contributed by atoms with Gasteiger partial charge in [-0.25, -0.2) is 12.7 Å². The lowest BCUT2D eigenvalue weighted by Gasteiger charge is -2.36. The maximum Gasteiger partial charge on any atom is 0.230 e. The SMILES string of the molecule is CCC(C#N)S(=O)(=O)N1CCC(C)C(CN)C1. The fourth-order valence-electron chi connectivity index (χ4n) is 2.20. The number of rotatable bonds is 4. The van der Waals surface area contributed by atoms with E-state index in [1.807, 2.05) is 6.07 Å². The van der Waals surface area contributed by atoms with Gasteiger partial charge in [0.1, 0.15) is 0 Å². The van der Waals surface area contributed by atoms with Crippen LogP contribution in [0, 0.1) is 23.2 Å². The number of piperidine rings is 1. The van der Waals surface area contributed by atoms with Gasteiger partial charge in [0.2, 0.25) is 10.0 Å². The zero-order valence-electron chi connectivity index (χ0n) is 10.5. The van der Waals surface area contributed by atoms with Gasteiger partial charge in [0, 0.05) is 13.1 Å². The van der Waals surface area contributed by atoms with E-state index < -0.39 is 15.3 Å². The fraction of sp³-hybridized carbons (Fsp3) is 0.909. The van der Waals surface area contributed by atoms with E-state index in [0.29, 0.717) is 32.0 Å².